The number of thiazole rings is 1. The molecule has 1 N–H and O–H groups in total. The standard InChI is InChI=1S/C17H19N3O3S/c1-20-6-5-12-15(10-20)24-17(18-12)19-16(21)11-3-4-13-14(9-11)23-8-2-7-22-13/h3-4,9H,2,5-8,10H2,1H3,(H,18,19,21). The lowest BCUT2D eigenvalue weighted by Gasteiger charge is -2.20. The van der Waals surface area contributed by atoms with E-state index in [1.165, 1.54) is 4.88 Å². The minimum Gasteiger partial charge on any atom is -0.490 e. The Labute approximate surface area is 144 Å². The van der Waals surface area contributed by atoms with Gasteiger partial charge in [-0.15, -0.1) is 11.3 Å². The summed E-state index contributed by atoms with van der Waals surface area (Å²) in [6, 6.07) is 5.28. The number of carbonyl (C=O) groups excluding carboxylic acids is 1. The third-order valence-electron chi connectivity index (χ3n) is 4.15. The van der Waals surface area contributed by atoms with Crippen molar-refractivity contribution in [2.45, 2.75) is 19.4 Å². The molecule has 126 valence electrons. The van der Waals surface area contributed by atoms with Crippen LogP contribution in [0.2, 0.25) is 0 Å². The van der Waals surface area contributed by atoms with Crippen LogP contribution in [0.15, 0.2) is 18.2 Å². The molecule has 0 spiro atoms. The van der Waals surface area contributed by atoms with Crippen LogP contribution in [0.1, 0.15) is 27.3 Å². The first-order chi connectivity index (χ1) is 11.7. The number of fused-ring (bicyclic) bond motifs is 2. The van der Waals surface area contributed by atoms with Crippen molar-refractivity contribution >= 4 is 22.4 Å². The number of hydrogen-bond acceptors (Lipinski definition) is 6. The zero-order valence-electron chi connectivity index (χ0n) is 13.5. The number of aromatic nitrogens is 1. The predicted octanol–water partition coefficient (Wildman–Crippen LogP) is 2.54. The summed E-state index contributed by atoms with van der Waals surface area (Å²) in [4.78, 5) is 20.6. The number of hydrogen-bond donors (Lipinski definition) is 1. The molecule has 2 aliphatic rings. The van der Waals surface area contributed by atoms with Crippen molar-refractivity contribution in [2.24, 2.45) is 0 Å². The summed E-state index contributed by atoms with van der Waals surface area (Å²) in [5.74, 6) is 1.14. The van der Waals surface area contributed by atoms with Gasteiger partial charge in [-0.2, -0.15) is 0 Å². The van der Waals surface area contributed by atoms with Crippen LogP contribution in [-0.4, -0.2) is 42.6 Å². The molecular weight excluding hydrogens is 326 g/mol. The Morgan fingerprint density at radius 1 is 1.29 bits per heavy atom. The van der Waals surface area contributed by atoms with E-state index in [9.17, 15) is 4.79 Å². The summed E-state index contributed by atoms with van der Waals surface area (Å²) in [5, 5.41) is 3.57. The molecule has 0 saturated carbocycles. The van der Waals surface area contributed by atoms with Gasteiger partial charge in [0.25, 0.3) is 5.91 Å². The minimum absolute atomic E-state index is 0.176. The summed E-state index contributed by atoms with van der Waals surface area (Å²) < 4.78 is 11.2. The molecule has 0 unspecified atom stereocenters. The van der Waals surface area contributed by atoms with Crippen LogP contribution in [0, 0.1) is 0 Å². The number of anilines is 1. The summed E-state index contributed by atoms with van der Waals surface area (Å²) in [6.07, 6.45) is 1.78. The number of nitrogens with one attached hydrogen (secondary N) is 1. The molecule has 1 aromatic carbocycles. The fourth-order valence-corrected chi connectivity index (χ4v) is 3.93. The highest BCUT2D eigenvalue weighted by Crippen LogP contribution is 2.31. The smallest absolute Gasteiger partial charge is 0.257 e. The molecule has 0 bridgehead atoms. The maximum Gasteiger partial charge on any atom is 0.257 e. The predicted molar refractivity (Wildman–Crippen MR) is 92.2 cm³/mol. The van der Waals surface area contributed by atoms with E-state index < -0.39 is 0 Å². The molecule has 4 rings (SSSR count). The van der Waals surface area contributed by atoms with Crippen molar-refractivity contribution in [3.05, 3.63) is 34.3 Å². The Balaban J connectivity index is 1.51. The van der Waals surface area contributed by atoms with E-state index in [2.05, 4.69) is 22.2 Å². The maximum absolute atomic E-state index is 12.5. The monoisotopic (exact) mass is 345 g/mol. The maximum atomic E-state index is 12.5. The van der Waals surface area contributed by atoms with Gasteiger partial charge >= 0.3 is 0 Å². The van der Waals surface area contributed by atoms with E-state index >= 15 is 0 Å². The van der Waals surface area contributed by atoms with Crippen molar-refractivity contribution in [3.63, 3.8) is 0 Å². The lowest BCUT2D eigenvalue weighted by atomic mass is 10.2. The number of amides is 1. The summed E-state index contributed by atoms with van der Waals surface area (Å²) in [6.45, 7) is 3.14. The highest BCUT2D eigenvalue weighted by Gasteiger charge is 2.20. The topological polar surface area (TPSA) is 63.7 Å². The molecule has 6 nitrogen and oxygen atoms in total. The highest BCUT2D eigenvalue weighted by atomic mass is 32.1. The van der Waals surface area contributed by atoms with Crippen molar-refractivity contribution in [2.75, 3.05) is 32.1 Å². The number of benzene rings is 1. The molecule has 1 aromatic heterocycles. The zero-order chi connectivity index (χ0) is 16.5. The van der Waals surface area contributed by atoms with Crippen LogP contribution in [0.5, 0.6) is 11.5 Å². The molecule has 0 radical (unpaired) electrons. The Morgan fingerprint density at radius 2 is 2.12 bits per heavy atom. The fourth-order valence-electron chi connectivity index (χ4n) is 2.85. The van der Waals surface area contributed by atoms with Gasteiger partial charge in [-0.05, 0) is 25.2 Å². The number of ether oxygens (including phenoxy) is 2. The first-order valence-electron chi connectivity index (χ1n) is 8.07. The lowest BCUT2D eigenvalue weighted by Crippen LogP contribution is -2.25. The Kier molecular flexibility index (Phi) is 4.12. The highest BCUT2D eigenvalue weighted by molar-refractivity contribution is 7.15. The minimum atomic E-state index is -0.176. The van der Waals surface area contributed by atoms with Crippen molar-refractivity contribution in [1.82, 2.24) is 9.88 Å². The van der Waals surface area contributed by atoms with E-state index in [-0.39, 0.29) is 5.91 Å². The van der Waals surface area contributed by atoms with Crippen molar-refractivity contribution in [3.8, 4) is 11.5 Å². The van der Waals surface area contributed by atoms with Gasteiger partial charge < -0.3 is 14.4 Å². The number of nitrogens with zero attached hydrogens (tertiary/aromatic N) is 2. The van der Waals surface area contributed by atoms with Crippen LogP contribution in [0.25, 0.3) is 0 Å². The van der Waals surface area contributed by atoms with E-state index in [0.717, 1.165) is 31.6 Å². The Bertz CT molecular complexity index is 774. The third-order valence-corrected chi connectivity index (χ3v) is 5.15. The Morgan fingerprint density at radius 3 is 3.00 bits per heavy atom. The van der Waals surface area contributed by atoms with Gasteiger partial charge in [0.15, 0.2) is 16.6 Å². The second-order valence-corrected chi connectivity index (χ2v) is 7.13. The normalized spacial score (nSPS) is 17.0. The largest absolute Gasteiger partial charge is 0.490 e. The van der Waals surface area contributed by atoms with E-state index in [1.54, 1.807) is 29.5 Å². The molecular formula is C17H19N3O3S. The van der Waals surface area contributed by atoms with Gasteiger partial charge in [0.1, 0.15) is 0 Å². The third kappa shape index (κ3) is 3.09. The van der Waals surface area contributed by atoms with Gasteiger partial charge in [-0.1, -0.05) is 0 Å². The number of carbonyl (C=O) groups is 1. The van der Waals surface area contributed by atoms with Gasteiger partial charge in [0.05, 0.1) is 18.9 Å². The van der Waals surface area contributed by atoms with E-state index in [4.69, 9.17) is 9.47 Å². The van der Waals surface area contributed by atoms with Crippen LogP contribution in [-0.2, 0) is 13.0 Å². The van der Waals surface area contributed by atoms with Crippen LogP contribution in [0.3, 0.4) is 0 Å². The Hall–Kier alpha value is -2.12. The quantitative estimate of drug-likeness (QED) is 0.906. The molecule has 0 saturated heterocycles. The van der Waals surface area contributed by atoms with Gasteiger partial charge in [-0.25, -0.2) is 4.98 Å². The molecule has 24 heavy (non-hydrogen) atoms. The molecule has 7 heteroatoms. The molecule has 0 atom stereocenters. The molecule has 0 aliphatic carbocycles. The summed E-state index contributed by atoms with van der Waals surface area (Å²) >= 11 is 1.55. The molecule has 2 aliphatic heterocycles. The first-order valence-corrected chi connectivity index (χ1v) is 8.89. The summed E-state index contributed by atoms with van der Waals surface area (Å²) in [5.41, 5.74) is 1.65. The van der Waals surface area contributed by atoms with Gasteiger partial charge in [0.2, 0.25) is 0 Å². The van der Waals surface area contributed by atoms with Crippen molar-refractivity contribution < 1.29 is 14.3 Å². The summed E-state index contributed by atoms with van der Waals surface area (Å²) in [7, 11) is 2.10. The van der Waals surface area contributed by atoms with Crippen LogP contribution < -0.4 is 14.8 Å². The SMILES string of the molecule is CN1CCc2nc(NC(=O)c3ccc4c(c3)OCCCO4)sc2C1. The van der Waals surface area contributed by atoms with E-state index in [1.807, 2.05) is 0 Å². The van der Waals surface area contributed by atoms with Crippen LogP contribution in [0.4, 0.5) is 5.13 Å². The lowest BCUT2D eigenvalue weighted by molar-refractivity contribution is 0.102. The fraction of sp³-hybridized carbons (Fsp3) is 0.412. The average Bonchev–Trinajstić information content (AvgIpc) is 2.81. The second kappa shape index (κ2) is 6.41. The number of rotatable bonds is 2. The second-order valence-electron chi connectivity index (χ2n) is 6.04. The average molecular weight is 345 g/mol. The first kappa shape index (κ1) is 15.4. The van der Waals surface area contributed by atoms with Gasteiger partial charge in [-0.3, -0.25) is 10.1 Å². The van der Waals surface area contributed by atoms with Crippen LogP contribution >= 0.6 is 11.3 Å². The molecule has 0 fully saturated rings. The van der Waals surface area contributed by atoms with Gasteiger partial charge in [0, 0.05) is 36.4 Å². The zero-order valence-corrected chi connectivity index (χ0v) is 14.3. The molecule has 3 heterocycles. The molecule has 2 aromatic rings. The number of likely N-dealkylation sites (N-methyl/N-ethyl adjacent to an activating group) is 1. The molecule has 1 amide bonds. The van der Waals surface area contributed by atoms with Crippen molar-refractivity contribution in [1.29, 1.82) is 0 Å². The van der Waals surface area contributed by atoms with E-state index in [0.29, 0.717) is 35.4 Å².